The first-order chi connectivity index (χ1) is 19.2. The number of non-ortho nitro benzene ring substituents is 2. The van der Waals surface area contributed by atoms with Gasteiger partial charge in [-0.05, 0) is 23.3 Å². The Labute approximate surface area is 235 Å². The summed E-state index contributed by atoms with van der Waals surface area (Å²) in [5.41, 5.74) is -1.65. The van der Waals surface area contributed by atoms with Crippen LogP contribution in [0.1, 0.15) is 21.9 Å². The highest BCUT2D eigenvalue weighted by atomic mass is 32.9. The Morgan fingerprint density at radius 3 is 1.56 bits per heavy atom. The summed E-state index contributed by atoms with van der Waals surface area (Å²) in [7, 11) is -2.24. The predicted octanol–water partition coefficient (Wildman–Crippen LogP) is 5.56. The van der Waals surface area contributed by atoms with E-state index in [2.05, 4.69) is 0 Å². The minimum Gasteiger partial charge on any atom is -0.726 e. The van der Waals surface area contributed by atoms with Crippen molar-refractivity contribution in [3.8, 4) is 21.6 Å². The molecule has 0 aliphatic heterocycles. The molecule has 0 saturated carbocycles. The lowest BCUT2D eigenvalue weighted by Gasteiger charge is -2.09. The summed E-state index contributed by atoms with van der Waals surface area (Å²) in [5, 5.41) is 47.1. The number of rotatable bonds is 6. The molecule has 1 N–H and O–H groups in total. The van der Waals surface area contributed by atoms with Crippen LogP contribution in [0.3, 0.4) is 0 Å². The average molecular weight is 621 g/mol. The van der Waals surface area contributed by atoms with Crippen molar-refractivity contribution in [2.75, 3.05) is 0 Å². The fraction of sp³-hybridized carbons (Fsp3) is 0.0455. The molecule has 0 bridgehead atoms. The number of nitrogens with zero attached hydrogens (tertiary/aromatic N) is 4. The summed E-state index contributed by atoms with van der Waals surface area (Å²) < 4.78 is 32.8. The third kappa shape index (κ3) is 6.02. The second kappa shape index (κ2) is 11.0. The first-order valence-corrected chi connectivity index (χ1v) is 14.3. The van der Waals surface area contributed by atoms with Crippen LogP contribution in [0.15, 0.2) is 60.7 Å². The van der Waals surface area contributed by atoms with Gasteiger partial charge in [-0.3, -0.25) is 45.0 Å². The third-order valence-electron chi connectivity index (χ3n) is 5.80. The van der Waals surface area contributed by atoms with E-state index in [0.717, 1.165) is 34.7 Å². The number of benzene rings is 3. The molecule has 1 heterocycles. The van der Waals surface area contributed by atoms with Gasteiger partial charge < -0.3 is 4.55 Å². The summed E-state index contributed by atoms with van der Waals surface area (Å²) in [6, 6.07) is 14.9. The molecule has 1 aliphatic rings. The maximum Gasteiger partial charge on any atom is 0.300 e. The molecule has 1 aliphatic carbocycles. The van der Waals surface area contributed by atoms with Crippen LogP contribution in [-0.4, -0.2) is 37.2 Å². The van der Waals surface area contributed by atoms with E-state index >= 15 is 0 Å². The van der Waals surface area contributed by atoms with E-state index in [1.807, 2.05) is 30.3 Å². The standard InChI is InChI=1S/C22H11N4O8S2.H2O4S/c27-23(28)12-6-14-20(19-10-18(35-36-19)11-4-2-1-3-5-11)15-7-13(24(29)30)9-17(26(33)34)22(15)21(14)16(8-12)25(31)32;1-5(2,3)4/h1-10,20H;(H2,1,2,3,4)/q+1;/p-1. The summed E-state index contributed by atoms with van der Waals surface area (Å²) in [6.45, 7) is 0. The summed E-state index contributed by atoms with van der Waals surface area (Å²) in [5.74, 6) is -0.911. The monoisotopic (exact) mass is 620 g/mol. The SMILES string of the molecule is O=S(=O)([O-])O.O=[N+]([O-])c1cc2c(c([N+](=O)[O-])c1)-c1c(cc([N+](=O)[O-])cc1[N+](=O)[O-])C2c1cc(-c2ccccc2)[s+]s1. The van der Waals surface area contributed by atoms with Gasteiger partial charge >= 0.3 is 10.3 Å². The van der Waals surface area contributed by atoms with Gasteiger partial charge in [0.1, 0.15) is 0 Å². The smallest absolute Gasteiger partial charge is 0.300 e. The van der Waals surface area contributed by atoms with Gasteiger partial charge in [0.05, 0.1) is 53.7 Å². The lowest BCUT2D eigenvalue weighted by atomic mass is 9.94. The molecular formula is C22H12N4O12S3. The minimum atomic E-state index is -4.92. The number of hydrogen-bond donors (Lipinski definition) is 1. The fourth-order valence-corrected chi connectivity index (χ4v) is 6.98. The lowest BCUT2D eigenvalue weighted by molar-refractivity contribution is -0.395. The molecule has 5 rings (SSSR count). The zero-order valence-corrected chi connectivity index (χ0v) is 22.3. The normalized spacial score (nSPS) is 12.0. The largest absolute Gasteiger partial charge is 0.726 e. The van der Waals surface area contributed by atoms with Crippen molar-refractivity contribution in [2.45, 2.75) is 5.92 Å². The second-order valence-corrected chi connectivity index (χ2v) is 11.3. The van der Waals surface area contributed by atoms with Gasteiger partial charge in [-0.25, -0.2) is 8.42 Å². The van der Waals surface area contributed by atoms with E-state index in [0.29, 0.717) is 4.88 Å². The average Bonchev–Trinajstić information content (AvgIpc) is 3.49. The Morgan fingerprint density at radius 1 is 0.732 bits per heavy atom. The molecule has 0 amide bonds. The van der Waals surface area contributed by atoms with Crippen LogP contribution in [0.25, 0.3) is 21.6 Å². The highest BCUT2D eigenvalue weighted by Gasteiger charge is 2.44. The van der Waals surface area contributed by atoms with Crippen molar-refractivity contribution in [1.82, 2.24) is 0 Å². The van der Waals surface area contributed by atoms with E-state index in [4.69, 9.17) is 17.5 Å². The lowest BCUT2D eigenvalue weighted by Crippen LogP contribution is -2.00. The zero-order valence-electron chi connectivity index (χ0n) is 19.8. The van der Waals surface area contributed by atoms with Gasteiger partial charge in [0.15, 0.2) is 10.3 Å². The number of nitro groups is 4. The van der Waals surface area contributed by atoms with Crippen molar-refractivity contribution < 1.29 is 37.2 Å². The first-order valence-electron chi connectivity index (χ1n) is 10.8. The third-order valence-corrected chi connectivity index (χ3v) is 8.32. The van der Waals surface area contributed by atoms with Crippen LogP contribution >= 0.6 is 20.7 Å². The molecule has 0 spiro atoms. The van der Waals surface area contributed by atoms with Gasteiger partial charge in [-0.2, -0.15) is 0 Å². The van der Waals surface area contributed by atoms with Crippen molar-refractivity contribution >= 4 is 53.8 Å². The Morgan fingerprint density at radius 2 is 1.17 bits per heavy atom. The van der Waals surface area contributed by atoms with E-state index < -0.39 is 58.8 Å². The van der Waals surface area contributed by atoms with E-state index in [1.54, 1.807) is 6.07 Å². The van der Waals surface area contributed by atoms with Crippen molar-refractivity contribution in [3.05, 3.63) is 117 Å². The Hall–Kier alpha value is -4.82. The molecule has 0 unspecified atom stereocenters. The van der Waals surface area contributed by atoms with Crippen LogP contribution in [0, 0.1) is 40.5 Å². The second-order valence-electron chi connectivity index (χ2n) is 8.19. The maximum absolute atomic E-state index is 11.9. The Kier molecular flexibility index (Phi) is 7.81. The topological polar surface area (TPSA) is 250 Å². The van der Waals surface area contributed by atoms with Crippen LogP contribution in [0.4, 0.5) is 22.7 Å². The fourth-order valence-electron chi connectivity index (χ4n) is 4.38. The molecule has 3 aromatic carbocycles. The highest BCUT2D eigenvalue weighted by Crippen LogP contribution is 2.58. The van der Waals surface area contributed by atoms with Crippen molar-refractivity contribution in [1.29, 1.82) is 0 Å². The molecule has 0 radical (unpaired) electrons. The molecule has 0 fully saturated rings. The molecule has 4 aromatic rings. The zero-order chi connectivity index (χ0) is 30.2. The highest BCUT2D eigenvalue weighted by molar-refractivity contribution is 7.79. The van der Waals surface area contributed by atoms with E-state index in [9.17, 15) is 40.5 Å². The van der Waals surface area contributed by atoms with Crippen LogP contribution in [0.5, 0.6) is 0 Å². The number of nitro benzene ring substituents is 4. The number of fused-ring (bicyclic) bond motifs is 3. The first kappa shape index (κ1) is 29.2. The van der Waals surface area contributed by atoms with Crippen LogP contribution in [0.2, 0.25) is 0 Å². The van der Waals surface area contributed by atoms with Gasteiger partial charge in [0, 0.05) is 23.8 Å². The predicted molar refractivity (Wildman–Crippen MR) is 144 cm³/mol. The quantitative estimate of drug-likeness (QED) is 0.0612. The Balaban J connectivity index is 0.000000714. The van der Waals surface area contributed by atoms with Crippen LogP contribution in [-0.2, 0) is 10.4 Å². The maximum atomic E-state index is 11.9. The van der Waals surface area contributed by atoms with Crippen molar-refractivity contribution in [3.63, 3.8) is 0 Å². The molecule has 16 nitrogen and oxygen atoms in total. The summed E-state index contributed by atoms with van der Waals surface area (Å²) >= 11 is 0. The number of hydrogen-bond acceptors (Lipinski definition) is 12. The van der Waals surface area contributed by atoms with Gasteiger partial charge in [-0.1, -0.05) is 18.2 Å². The minimum absolute atomic E-state index is 0.114. The Bertz CT molecular complexity index is 1770. The van der Waals surface area contributed by atoms with E-state index in [1.165, 1.54) is 20.7 Å². The molecule has 1 aromatic heterocycles. The molecule has 19 heteroatoms. The van der Waals surface area contributed by atoms with Crippen LogP contribution < -0.4 is 0 Å². The van der Waals surface area contributed by atoms with Gasteiger partial charge in [0.2, 0.25) is 10.4 Å². The molecule has 41 heavy (non-hydrogen) atoms. The molecular weight excluding hydrogens is 608 g/mol. The molecule has 210 valence electrons. The molecule has 0 atom stereocenters. The van der Waals surface area contributed by atoms with Gasteiger partial charge in [-0.15, -0.1) is 0 Å². The van der Waals surface area contributed by atoms with E-state index in [-0.39, 0.29) is 22.3 Å². The molecule has 0 saturated heterocycles. The summed E-state index contributed by atoms with van der Waals surface area (Å²) in [6.07, 6.45) is 0. The van der Waals surface area contributed by atoms with Gasteiger partial charge in [0.25, 0.3) is 27.6 Å². The van der Waals surface area contributed by atoms with Crippen molar-refractivity contribution in [2.24, 2.45) is 0 Å². The summed E-state index contributed by atoms with van der Waals surface area (Å²) in [4.78, 5) is 45.3.